The normalized spacial score (nSPS) is 11.1. The lowest BCUT2D eigenvalue weighted by atomic mass is 10.2. The van der Waals surface area contributed by atoms with Crippen molar-refractivity contribution in [1.29, 1.82) is 0 Å². The van der Waals surface area contributed by atoms with Gasteiger partial charge in [-0.25, -0.2) is 9.78 Å². The smallest absolute Gasteiger partial charge is 0.350 e. The van der Waals surface area contributed by atoms with Gasteiger partial charge >= 0.3 is 5.97 Å². The van der Waals surface area contributed by atoms with Gasteiger partial charge in [0.05, 0.1) is 12.8 Å². The van der Waals surface area contributed by atoms with E-state index in [1.54, 1.807) is 13.1 Å². The van der Waals surface area contributed by atoms with Crippen LogP contribution in [0.3, 0.4) is 0 Å². The summed E-state index contributed by atoms with van der Waals surface area (Å²) in [5.41, 5.74) is 4.52. The summed E-state index contributed by atoms with van der Waals surface area (Å²) in [4.78, 5) is 16.1. The van der Waals surface area contributed by atoms with Crippen LogP contribution in [0, 0.1) is 6.92 Å². The number of ether oxygens (including phenoxy) is 1. The highest BCUT2D eigenvalue weighted by Crippen LogP contribution is 2.22. The zero-order chi connectivity index (χ0) is 15.1. The number of nitrogens with one attached hydrogen (secondary N) is 1. The van der Waals surface area contributed by atoms with E-state index in [1.165, 1.54) is 18.4 Å². The predicted octanol–water partition coefficient (Wildman–Crippen LogP) is 3.35. The minimum absolute atomic E-state index is 0.383. The van der Waals surface area contributed by atoms with Gasteiger partial charge in [-0.3, -0.25) is 5.43 Å². The fraction of sp³-hybridized carbons (Fsp3) is 0.133. The van der Waals surface area contributed by atoms with Crippen molar-refractivity contribution in [1.82, 2.24) is 4.98 Å². The van der Waals surface area contributed by atoms with Crippen molar-refractivity contribution in [2.45, 2.75) is 6.92 Å². The van der Waals surface area contributed by atoms with E-state index in [2.05, 4.69) is 20.2 Å². The molecule has 0 radical (unpaired) electrons. The highest BCUT2D eigenvalue weighted by Gasteiger charge is 2.14. The quantitative estimate of drug-likeness (QED) is 0.522. The molecule has 1 heterocycles. The molecule has 0 atom stereocenters. The molecule has 0 aliphatic heterocycles. The molecule has 0 fully saturated rings. The third kappa shape index (κ3) is 4.25. The SMILES string of the molecule is COC(=O)c1sc(NN=C/C=C\c2ccccc2)nc1C. The van der Waals surface area contributed by atoms with Crippen LogP contribution < -0.4 is 5.43 Å². The number of hydrazone groups is 1. The molecule has 1 aromatic heterocycles. The van der Waals surface area contributed by atoms with Crippen molar-refractivity contribution in [2.75, 3.05) is 12.5 Å². The van der Waals surface area contributed by atoms with E-state index in [0.29, 0.717) is 15.7 Å². The molecule has 21 heavy (non-hydrogen) atoms. The summed E-state index contributed by atoms with van der Waals surface area (Å²) in [5, 5.41) is 4.58. The molecule has 5 nitrogen and oxygen atoms in total. The molecule has 0 saturated heterocycles. The first-order valence-corrected chi connectivity index (χ1v) is 7.09. The third-order valence-corrected chi connectivity index (χ3v) is 3.62. The average molecular weight is 301 g/mol. The second-order valence-electron chi connectivity index (χ2n) is 4.08. The number of hydrogen-bond acceptors (Lipinski definition) is 6. The molecular weight excluding hydrogens is 286 g/mol. The number of esters is 1. The maximum absolute atomic E-state index is 11.5. The molecule has 0 aliphatic rings. The maximum atomic E-state index is 11.5. The fourth-order valence-corrected chi connectivity index (χ4v) is 2.41. The van der Waals surface area contributed by atoms with Crippen molar-refractivity contribution < 1.29 is 9.53 Å². The van der Waals surface area contributed by atoms with Crippen molar-refractivity contribution in [3.8, 4) is 0 Å². The standard InChI is InChI=1S/C15H15N3O2S/c1-11-13(14(19)20-2)21-15(17-11)18-16-10-6-9-12-7-4-3-5-8-12/h3-10H,1-2H3,(H,17,18)/b9-6-,16-10?. The van der Waals surface area contributed by atoms with Crippen LogP contribution in [0.25, 0.3) is 6.08 Å². The first kappa shape index (κ1) is 14.9. The molecule has 1 N–H and O–H groups in total. The van der Waals surface area contributed by atoms with Gasteiger partial charge in [-0.05, 0) is 18.6 Å². The lowest BCUT2D eigenvalue weighted by molar-refractivity contribution is 0.0605. The maximum Gasteiger partial charge on any atom is 0.350 e. The minimum Gasteiger partial charge on any atom is -0.465 e. The molecule has 0 unspecified atom stereocenters. The number of allylic oxidation sites excluding steroid dienone is 1. The number of aromatic nitrogens is 1. The number of carbonyl (C=O) groups is 1. The first-order chi connectivity index (χ1) is 10.2. The molecule has 108 valence electrons. The topological polar surface area (TPSA) is 63.6 Å². The van der Waals surface area contributed by atoms with Gasteiger partial charge in [-0.1, -0.05) is 47.7 Å². The van der Waals surface area contributed by atoms with Crippen molar-refractivity contribution >= 4 is 34.7 Å². The summed E-state index contributed by atoms with van der Waals surface area (Å²) < 4.78 is 4.68. The zero-order valence-corrected chi connectivity index (χ0v) is 12.6. The van der Waals surface area contributed by atoms with Crippen LogP contribution in [-0.2, 0) is 4.74 Å². The molecule has 0 spiro atoms. The van der Waals surface area contributed by atoms with E-state index in [9.17, 15) is 4.79 Å². The molecular formula is C15H15N3O2S. The Hall–Kier alpha value is -2.47. The van der Waals surface area contributed by atoms with E-state index < -0.39 is 0 Å². The Morgan fingerprint density at radius 2 is 2.14 bits per heavy atom. The number of hydrogen-bond donors (Lipinski definition) is 1. The predicted molar refractivity (Wildman–Crippen MR) is 85.8 cm³/mol. The number of aryl methyl sites for hydroxylation is 1. The van der Waals surface area contributed by atoms with E-state index in [1.807, 2.05) is 42.5 Å². The monoisotopic (exact) mass is 301 g/mol. The molecule has 0 saturated carbocycles. The Morgan fingerprint density at radius 3 is 2.86 bits per heavy atom. The van der Waals surface area contributed by atoms with Gasteiger partial charge < -0.3 is 4.74 Å². The summed E-state index contributed by atoms with van der Waals surface area (Å²) >= 11 is 1.21. The van der Waals surface area contributed by atoms with Gasteiger partial charge in [0, 0.05) is 6.21 Å². The molecule has 0 bridgehead atoms. The van der Waals surface area contributed by atoms with E-state index in [0.717, 1.165) is 5.56 Å². The van der Waals surface area contributed by atoms with Gasteiger partial charge in [-0.15, -0.1) is 0 Å². The van der Waals surface area contributed by atoms with E-state index >= 15 is 0 Å². The molecule has 1 aromatic carbocycles. The highest BCUT2D eigenvalue weighted by atomic mass is 32.1. The van der Waals surface area contributed by atoms with Crippen LogP contribution in [0.5, 0.6) is 0 Å². The Labute approximate surface area is 127 Å². The van der Waals surface area contributed by atoms with E-state index in [-0.39, 0.29) is 5.97 Å². The van der Waals surface area contributed by atoms with Gasteiger partial charge in [0.1, 0.15) is 4.88 Å². The number of benzene rings is 1. The number of anilines is 1. The zero-order valence-electron chi connectivity index (χ0n) is 11.7. The Balaban J connectivity index is 1.93. The van der Waals surface area contributed by atoms with Gasteiger partial charge in [0.25, 0.3) is 0 Å². The van der Waals surface area contributed by atoms with E-state index in [4.69, 9.17) is 0 Å². The second-order valence-corrected chi connectivity index (χ2v) is 5.08. The summed E-state index contributed by atoms with van der Waals surface area (Å²) in [6.45, 7) is 1.76. The number of methoxy groups -OCH3 is 1. The third-order valence-electron chi connectivity index (χ3n) is 2.58. The van der Waals surface area contributed by atoms with Gasteiger partial charge in [0.15, 0.2) is 0 Å². The van der Waals surface area contributed by atoms with Crippen molar-refractivity contribution in [3.63, 3.8) is 0 Å². The van der Waals surface area contributed by atoms with Crippen LogP contribution in [0.1, 0.15) is 20.9 Å². The lowest BCUT2D eigenvalue weighted by Gasteiger charge is -1.93. The van der Waals surface area contributed by atoms with Crippen LogP contribution in [0.4, 0.5) is 5.13 Å². The van der Waals surface area contributed by atoms with Crippen molar-refractivity contribution in [3.05, 3.63) is 52.5 Å². The van der Waals surface area contributed by atoms with Crippen LogP contribution in [0.15, 0.2) is 41.5 Å². The highest BCUT2D eigenvalue weighted by molar-refractivity contribution is 7.17. The number of rotatable bonds is 5. The summed E-state index contributed by atoms with van der Waals surface area (Å²) in [7, 11) is 1.35. The molecule has 6 heteroatoms. The largest absolute Gasteiger partial charge is 0.465 e. The number of carbonyl (C=O) groups excluding carboxylic acids is 1. The summed E-state index contributed by atoms with van der Waals surface area (Å²) in [5.74, 6) is -0.383. The average Bonchev–Trinajstić information content (AvgIpc) is 2.88. The Bertz CT molecular complexity index is 663. The second kappa shape index (κ2) is 7.35. The lowest BCUT2D eigenvalue weighted by Crippen LogP contribution is -1.99. The Morgan fingerprint density at radius 1 is 1.38 bits per heavy atom. The van der Waals surface area contributed by atoms with Crippen LogP contribution >= 0.6 is 11.3 Å². The first-order valence-electron chi connectivity index (χ1n) is 6.27. The molecule has 2 rings (SSSR count). The summed E-state index contributed by atoms with van der Waals surface area (Å²) in [6, 6.07) is 9.93. The molecule has 2 aromatic rings. The number of nitrogens with zero attached hydrogens (tertiary/aromatic N) is 2. The van der Waals surface area contributed by atoms with Crippen LogP contribution in [0.2, 0.25) is 0 Å². The molecule has 0 amide bonds. The summed E-state index contributed by atoms with van der Waals surface area (Å²) in [6.07, 6.45) is 5.39. The number of thiazole rings is 1. The van der Waals surface area contributed by atoms with Gasteiger partial charge in [-0.2, -0.15) is 5.10 Å². The van der Waals surface area contributed by atoms with Crippen LogP contribution in [-0.4, -0.2) is 24.3 Å². The minimum atomic E-state index is -0.383. The molecule has 0 aliphatic carbocycles. The van der Waals surface area contributed by atoms with Crippen molar-refractivity contribution in [2.24, 2.45) is 5.10 Å². The Kier molecular flexibility index (Phi) is 5.22. The fourth-order valence-electron chi connectivity index (χ4n) is 1.58. The van der Waals surface area contributed by atoms with Gasteiger partial charge in [0.2, 0.25) is 5.13 Å².